The fraction of sp³-hybridized carbons (Fsp3) is 0.481. The number of piperazine rings is 1. The number of nitrogens with one attached hydrogen (secondary N) is 1. The molecule has 1 aliphatic heterocycles. The summed E-state index contributed by atoms with van der Waals surface area (Å²) in [6.07, 6.45) is 6.52. The monoisotopic (exact) mass is 439 g/mol. The van der Waals surface area contributed by atoms with Crippen molar-refractivity contribution in [1.82, 2.24) is 15.1 Å². The van der Waals surface area contributed by atoms with Crippen LogP contribution in [0.4, 0.5) is 0 Å². The lowest BCUT2D eigenvalue weighted by atomic mass is 9.95. The van der Waals surface area contributed by atoms with Gasteiger partial charge in [-0.25, -0.2) is 0 Å². The molecule has 3 rings (SSSR count). The third kappa shape index (κ3) is 7.02. The van der Waals surface area contributed by atoms with Crippen LogP contribution in [0.15, 0.2) is 60.9 Å². The van der Waals surface area contributed by atoms with E-state index in [2.05, 4.69) is 71.9 Å². The summed E-state index contributed by atoms with van der Waals surface area (Å²) in [5.74, 6) is 1.08. The van der Waals surface area contributed by atoms with E-state index in [1.807, 2.05) is 12.1 Å². The van der Waals surface area contributed by atoms with Gasteiger partial charge in [0.2, 0.25) is 0 Å². The Bertz CT molecular complexity index is 747. The molecule has 0 aromatic heterocycles. The SMILES string of the molecule is C=C(NCCCCCCC)N1CCN(C(c2ccc(C)cc2)c2ccc(Cl)cc2)CC1. The van der Waals surface area contributed by atoms with Crippen LogP contribution in [0.2, 0.25) is 5.02 Å². The molecule has 0 spiro atoms. The van der Waals surface area contributed by atoms with E-state index in [4.69, 9.17) is 11.6 Å². The lowest BCUT2D eigenvalue weighted by molar-refractivity contribution is 0.126. The summed E-state index contributed by atoms with van der Waals surface area (Å²) < 4.78 is 0. The third-order valence-corrected chi connectivity index (χ3v) is 6.50. The number of hydrogen-bond donors (Lipinski definition) is 1. The number of hydrogen-bond acceptors (Lipinski definition) is 3. The highest BCUT2D eigenvalue weighted by Gasteiger charge is 2.26. The zero-order chi connectivity index (χ0) is 22.1. The van der Waals surface area contributed by atoms with Crippen molar-refractivity contribution < 1.29 is 0 Å². The first-order valence-corrected chi connectivity index (χ1v) is 12.2. The Kier molecular flexibility index (Phi) is 9.30. The zero-order valence-electron chi connectivity index (χ0n) is 19.2. The van der Waals surface area contributed by atoms with Crippen LogP contribution in [0.3, 0.4) is 0 Å². The minimum atomic E-state index is 0.250. The van der Waals surface area contributed by atoms with Gasteiger partial charge >= 0.3 is 0 Å². The second-order valence-electron chi connectivity index (χ2n) is 8.68. The number of nitrogens with zero attached hydrogens (tertiary/aromatic N) is 2. The molecule has 0 bridgehead atoms. The van der Waals surface area contributed by atoms with Gasteiger partial charge in [-0.1, -0.05) is 92.7 Å². The molecule has 31 heavy (non-hydrogen) atoms. The van der Waals surface area contributed by atoms with Crippen LogP contribution in [0.5, 0.6) is 0 Å². The fourth-order valence-electron chi connectivity index (χ4n) is 4.33. The molecule has 1 aliphatic rings. The molecule has 1 N–H and O–H groups in total. The molecule has 1 atom stereocenters. The first kappa shape index (κ1) is 23.7. The van der Waals surface area contributed by atoms with E-state index in [1.165, 1.54) is 48.8 Å². The summed E-state index contributed by atoms with van der Waals surface area (Å²) in [5.41, 5.74) is 3.93. The molecule has 1 heterocycles. The van der Waals surface area contributed by atoms with Crippen LogP contribution in [-0.4, -0.2) is 42.5 Å². The lowest BCUT2D eigenvalue weighted by Crippen LogP contribution is -2.49. The predicted molar refractivity (Wildman–Crippen MR) is 134 cm³/mol. The van der Waals surface area contributed by atoms with Crippen LogP contribution in [0.25, 0.3) is 0 Å². The fourth-order valence-corrected chi connectivity index (χ4v) is 4.46. The average molecular weight is 440 g/mol. The van der Waals surface area contributed by atoms with Crippen molar-refractivity contribution in [3.8, 4) is 0 Å². The van der Waals surface area contributed by atoms with Crippen LogP contribution in [0, 0.1) is 6.92 Å². The molecule has 168 valence electrons. The van der Waals surface area contributed by atoms with Gasteiger partial charge in [-0.2, -0.15) is 0 Å². The Hall–Kier alpha value is -1.97. The Morgan fingerprint density at radius 1 is 0.903 bits per heavy atom. The van der Waals surface area contributed by atoms with Gasteiger partial charge in [-0.3, -0.25) is 4.90 Å². The van der Waals surface area contributed by atoms with E-state index >= 15 is 0 Å². The molecular formula is C27H38ClN3. The lowest BCUT2D eigenvalue weighted by Gasteiger charge is -2.41. The normalized spacial score (nSPS) is 15.6. The van der Waals surface area contributed by atoms with E-state index < -0.39 is 0 Å². The molecule has 0 saturated carbocycles. The molecule has 1 fully saturated rings. The quantitative estimate of drug-likeness (QED) is 0.409. The molecule has 1 saturated heterocycles. The van der Waals surface area contributed by atoms with Gasteiger partial charge in [-0.05, 0) is 36.6 Å². The molecule has 0 radical (unpaired) electrons. The van der Waals surface area contributed by atoms with Crippen molar-refractivity contribution in [3.05, 3.63) is 82.6 Å². The van der Waals surface area contributed by atoms with Crippen molar-refractivity contribution in [2.75, 3.05) is 32.7 Å². The Labute approximate surface area is 194 Å². The number of rotatable bonds is 11. The number of halogens is 1. The third-order valence-electron chi connectivity index (χ3n) is 6.25. The largest absolute Gasteiger partial charge is 0.372 e. The van der Waals surface area contributed by atoms with Gasteiger partial charge in [0.15, 0.2) is 0 Å². The Morgan fingerprint density at radius 3 is 2.10 bits per heavy atom. The summed E-state index contributed by atoms with van der Waals surface area (Å²) >= 11 is 6.16. The van der Waals surface area contributed by atoms with Crippen LogP contribution < -0.4 is 5.32 Å². The molecular weight excluding hydrogens is 402 g/mol. The van der Waals surface area contributed by atoms with Crippen LogP contribution in [0.1, 0.15) is 61.8 Å². The highest BCUT2D eigenvalue weighted by Crippen LogP contribution is 2.31. The van der Waals surface area contributed by atoms with Crippen molar-refractivity contribution >= 4 is 11.6 Å². The zero-order valence-corrected chi connectivity index (χ0v) is 20.0. The van der Waals surface area contributed by atoms with Gasteiger partial charge < -0.3 is 10.2 Å². The molecule has 2 aromatic carbocycles. The highest BCUT2D eigenvalue weighted by atomic mass is 35.5. The second-order valence-corrected chi connectivity index (χ2v) is 9.11. The topological polar surface area (TPSA) is 18.5 Å². The van der Waals surface area contributed by atoms with Crippen LogP contribution >= 0.6 is 11.6 Å². The van der Waals surface area contributed by atoms with E-state index in [0.717, 1.165) is 43.6 Å². The maximum atomic E-state index is 6.16. The predicted octanol–water partition coefficient (Wildman–Crippen LogP) is 6.39. The van der Waals surface area contributed by atoms with Gasteiger partial charge in [0.1, 0.15) is 0 Å². The van der Waals surface area contributed by atoms with Gasteiger partial charge in [-0.15, -0.1) is 0 Å². The maximum absolute atomic E-state index is 6.16. The molecule has 4 heteroatoms. The minimum Gasteiger partial charge on any atom is -0.372 e. The molecule has 3 nitrogen and oxygen atoms in total. The number of benzene rings is 2. The van der Waals surface area contributed by atoms with Gasteiger partial charge in [0.25, 0.3) is 0 Å². The Balaban J connectivity index is 1.58. The average Bonchev–Trinajstić information content (AvgIpc) is 2.79. The molecule has 0 aliphatic carbocycles. The second kappa shape index (κ2) is 12.2. The van der Waals surface area contributed by atoms with E-state index in [-0.39, 0.29) is 6.04 Å². The van der Waals surface area contributed by atoms with Crippen molar-refractivity contribution in [2.24, 2.45) is 0 Å². The Morgan fingerprint density at radius 2 is 1.48 bits per heavy atom. The van der Waals surface area contributed by atoms with Crippen molar-refractivity contribution in [2.45, 2.75) is 52.0 Å². The molecule has 0 amide bonds. The summed E-state index contributed by atoms with van der Waals surface area (Å²) in [5, 5.41) is 4.33. The summed E-state index contributed by atoms with van der Waals surface area (Å²) in [4.78, 5) is 4.99. The molecule has 2 aromatic rings. The standard InChI is InChI=1S/C27H38ClN3/c1-4-5-6-7-8-17-29-23(3)30-18-20-31(21-19-30)27(24-11-9-22(2)10-12-24)25-13-15-26(28)16-14-25/h9-16,27,29H,3-8,17-21H2,1-2H3. The molecule has 1 unspecified atom stereocenters. The van der Waals surface area contributed by atoms with E-state index in [9.17, 15) is 0 Å². The van der Waals surface area contributed by atoms with Crippen molar-refractivity contribution in [3.63, 3.8) is 0 Å². The summed E-state index contributed by atoms with van der Waals surface area (Å²) in [7, 11) is 0. The summed E-state index contributed by atoms with van der Waals surface area (Å²) in [6.45, 7) is 13.7. The van der Waals surface area contributed by atoms with Crippen molar-refractivity contribution in [1.29, 1.82) is 0 Å². The van der Waals surface area contributed by atoms with E-state index in [1.54, 1.807) is 0 Å². The minimum absolute atomic E-state index is 0.250. The highest BCUT2D eigenvalue weighted by molar-refractivity contribution is 6.30. The maximum Gasteiger partial charge on any atom is 0.0939 e. The number of unbranched alkanes of at least 4 members (excludes halogenated alkanes) is 4. The smallest absolute Gasteiger partial charge is 0.0939 e. The van der Waals surface area contributed by atoms with E-state index in [0.29, 0.717) is 0 Å². The first-order chi connectivity index (χ1) is 15.1. The first-order valence-electron chi connectivity index (χ1n) is 11.8. The van der Waals surface area contributed by atoms with Gasteiger partial charge in [0, 0.05) is 37.7 Å². The summed E-state index contributed by atoms with van der Waals surface area (Å²) in [6, 6.07) is 17.5. The number of aryl methyl sites for hydroxylation is 1. The van der Waals surface area contributed by atoms with Crippen LogP contribution in [-0.2, 0) is 0 Å². The van der Waals surface area contributed by atoms with Gasteiger partial charge in [0.05, 0.1) is 11.9 Å².